The maximum atomic E-state index is 12.4. The van der Waals surface area contributed by atoms with Crippen molar-refractivity contribution in [3.63, 3.8) is 0 Å². The second-order valence-electron chi connectivity index (χ2n) is 4.67. The van der Waals surface area contributed by atoms with Gasteiger partial charge in [-0.05, 0) is 25.6 Å². The number of pyridine rings is 1. The molecule has 1 aliphatic heterocycles. The van der Waals surface area contributed by atoms with E-state index in [-0.39, 0.29) is 5.91 Å². The molecule has 0 atom stereocenters. The molecule has 1 saturated heterocycles. The summed E-state index contributed by atoms with van der Waals surface area (Å²) in [6.07, 6.45) is 2.62. The number of carbonyl (C=O) groups excluding carboxylic acids is 1. The van der Waals surface area contributed by atoms with Crippen LogP contribution in [0.1, 0.15) is 23.7 Å². The number of methoxy groups -OCH3 is 1. The number of ether oxygens (including phenoxy) is 1. The average molecular weight is 263 g/mol. The summed E-state index contributed by atoms with van der Waals surface area (Å²) in [7, 11) is 1.57. The van der Waals surface area contributed by atoms with Crippen LogP contribution < -0.4 is 4.74 Å². The molecule has 0 radical (unpaired) electrons. The predicted octanol–water partition coefficient (Wildman–Crippen LogP) is 1.26. The van der Waals surface area contributed by atoms with Crippen molar-refractivity contribution in [2.24, 2.45) is 0 Å². The second-order valence-corrected chi connectivity index (χ2v) is 4.67. The van der Waals surface area contributed by atoms with Gasteiger partial charge in [0.15, 0.2) is 0 Å². The standard InChI is InChI=1S/C14H21N3O2/c1-3-16-7-4-8-17(10-9-16)14(18)12-5-6-13(19-2)15-11-12/h5-6,11H,3-4,7-10H2,1-2H3. The van der Waals surface area contributed by atoms with E-state index in [9.17, 15) is 4.79 Å². The summed E-state index contributed by atoms with van der Waals surface area (Å²) in [6, 6.07) is 3.50. The Balaban J connectivity index is 2.01. The van der Waals surface area contributed by atoms with E-state index in [4.69, 9.17) is 4.74 Å². The van der Waals surface area contributed by atoms with E-state index in [1.165, 1.54) is 0 Å². The molecule has 5 nitrogen and oxygen atoms in total. The van der Waals surface area contributed by atoms with E-state index in [0.717, 1.165) is 39.1 Å². The number of likely N-dealkylation sites (N-methyl/N-ethyl adjacent to an activating group) is 1. The number of aromatic nitrogens is 1. The van der Waals surface area contributed by atoms with E-state index < -0.39 is 0 Å². The van der Waals surface area contributed by atoms with Crippen LogP contribution in [0.2, 0.25) is 0 Å². The van der Waals surface area contributed by atoms with Crippen LogP contribution in [0.15, 0.2) is 18.3 Å². The highest BCUT2D eigenvalue weighted by molar-refractivity contribution is 5.94. The van der Waals surface area contributed by atoms with Crippen molar-refractivity contribution in [3.05, 3.63) is 23.9 Å². The molecule has 0 bridgehead atoms. The monoisotopic (exact) mass is 263 g/mol. The Kier molecular flexibility index (Phi) is 4.74. The third-order valence-electron chi connectivity index (χ3n) is 3.52. The maximum absolute atomic E-state index is 12.4. The molecule has 1 aromatic heterocycles. The fourth-order valence-electron chi connectivity index (χ4n) is 2.30. The minimum Gasteiger partial charge on any atom is -0.481 e. The van der Waals surface area contributed by atoms with Gasteiger partial charge in [0.25, 0.3) is 5.91 Å². The van der Waals surface area contributed by atoms with Gasteiger partial charge in [-0.1, -0.05) is 6.92 Å². The van der Waals surface area contributed by atoms with Gasteiger partial charge in [0.2, 0.25) is 5.88 Å². The molecule has 2 heterocycles. The summed E-state index contributed by atoms with van der Waals surface area (Å²) in [6.45, 7) is 6.84. The van der Waals surface area contributed by atoms with Gasteiger partial charge in [-0.3, -0.25) is 4.79 Å². The molecule has 0 aliphatic carbocycles. The van der Waals surface area contributed by atoms with E-state index in [1.54, 1.807) is 25.4 Å². The Morgan fingerprint density at radius 3 is 2.79 bits per heavy atom. The van der Waals surface area contributed by atoms with Crippen LogP contribution >= 0.6 is 0 Å². The minimum absolute atomic E-state index is 0.0631. The molecule has 0 aromatic carbocycles. The van der Waals surface area contributed by atoms with Gasteiger partial charge in [-0.25, -0.2) is 4.98 Å². The molecule has 2 rings (SSSR count). The van der Waals surface area contributed by atoms with Gasteiger partial charge in [-0.2, -0.15) is 0 Å². The van der Waals surface area contributed by atoms with Gasteiger partial charge in [0, 0.05) is 31.9 Å². The van der Waals surface area contributed by atoms with Crippen molar-refractivity contribution in [1.29, 1.82) is 0 Å². The van der Waals surface area contributed by atoms with Crippen LogP contribution in [0.4, 0.5) is 0 Å². The fraction of sp³-hybridized carbons (Fsp3) is 0.571. The zero-order valence-electron chi connectivity index (χ0n) is 11.6. The summed E-state index contributed by atoms with van der Waals surface area (Å²) in [5.41, 5.74) is 0.630. The van der Waals surface area contributed by atoms with Gasteiger partial charge in [-0.15, -0.1) is 0 Å². The number of amides is 1. The maximum Gasteiger partial charge on any atom is 0.255 e. The molecule has 1 amide bonds. The highest BCUT2D eigenvalue weighted by Gasteiger charge is 2.19. The molecule has 1 aliphatic rings. The third kappa shape index (κ3) is 3.44. The number of nitrogens with zero attached hydrogens (tertiary/aromatic N) is 3. The third-order valence-corrected chi connectivity index (χ3v) is 3.52. The highest BCUT2D eigenvalue weighted by atomic mass is 16.5. The van der Waals surface area contributed by atoms with Crippen molar-refractivity contribution in [1.82, 2.24) is 14.8 Å². The Morgan fingerprint density at radius 1 is 1.32 bits per heavy atom. The summed E-state index contributed by atoms with van der Waals surface area (Å²) in [5.74, 6) is 0.595. The SMILES string of the molecule is CCN1CCCN(C(=O)c2ccc(OC)nc2)CC1. The lowest BCUT2D eigenvalue weighted by Gasteiger charge is -2.21. The molecule has 1 fully saturated rings. The summed E-state index contributed by atoms with van der Waals surface area (Å²) in [5, 5.41) is 0. The van der Waals surface area contributed by atoms with E-state index in [0.29, 0.717) is 11.4 Å². The first-order valence-corrected chi connectivity index (χ1v) is 6.76. The molecule has 104 valence electrons. The number of hydrogen-bond donors (Lipinski definition) is 0. The largest absolute Gasteiger partial charge is 0.481 e. The lowest BCUT2D eigenvalue weighted by Crippen LogP contribution is -2.35. The zero-order valence-corrected chi connectivity index (χ0v) is 11.6. The summed E-state index contributed by atoms with van der Waals surface area (Å²) in [4.78, 5) is 20.8. The molecular formula is C14H21N3O2. The molecule has 1 aromatic rings. The Labute approximate surface area is 114 Å². The molecule has 0 spiro atoms. The van der Waals surface area contributed by atoms with Crippen molar-refractivity contribution in [2.75, 3.05) is 39.8 Å². The van der Waals surface area contributed by atoms with E-state index in [1.807, 2.05) is 4.90 Å². The number of hydrogen-bond acceptors (Lipinski definition) is 4. The summed E-state index contributed by atoms with van der Waals surface area (Å²) < 4.78 is 5.00. The fourth-order valence-corrected chi connectivity index (χ4v) is 2.30. The first-order valence-electron chi connectivity index (χ1n) is 6.76. The minimum atomic E-state index is 0.0631. The van der Waals surface area contributed by atoms with Gasteiger partial charge in [0.05, 0.1) is 12.7 Å². The number of carbonyl (C=O) groups is 1. The van der Waals surface area contributed by atoms with Crippen molar-refractivity contribution in [2.45, 2.75) is 13.3 Å². The molecule has 5 heteroatoms. The van der Waals surface area contributed by atoms with Crippen LogP contribution in [0.25, 0.3) is 0 Å². The van der Waals surface area contributed by atoms with Gasteiger partial charge in [0.1, 0.15) is 0 Å². The van der Waals surface area contributed by atoms with Crippen LogP contribution in [0, 0.1) is 0 Å². The van der Waals surface area contributed by atoms with Crippen LogP contribution in [0.3, 0.4) is 0 Å². The Bertz CT molecular complexity index is 419. The molecular weight excluding hydrogens is 242 g/mol. The van der Waals surface area contributed by atoms with Crippen LogP contribution in [0.5, 0.6) is 5.88 Å². The van der Waals surface area contributed by atoms with Crippen molar-refractivity contribution in [3.8, 4) is 5.88 Å². The normalized spacial score (nSPS) is 17.1. The predicted molar refractivity (Wildman–Crippen MR) is 73.4 cm³/mol. The van der Waals surface area contributed by atoms with E-state index in [2.05, 4.69) is 16.8 Å². The average Bonchev–Trinajstić information content (AvgIpc) is 2.72. The molecule has 0 unspecified atom stereocenters. The van der Waals surface area contributed by atoms with Gasteiger partial charge >= 0.3 is 0 Å². The molecule has 0 N–H and O–H groups in total. The zero-order chi connectivity index (χ0) is 13.7. The smallest absolute Gasteiger partial charge is 0.255 e. The first kappa shape index (κ1) is 13.8. The quantitative estimate of drug-likeness (QED) is 0.823. The second kappa shape index (κ2) is 6.52. The van der Waals surface area contributed by atoms with Crippen molar-refractivity contribution >= 4 is 5.91 Å². The lowest BCUT2D eigenvalue weighted by molar-refractivity contribution is 0.0761. The molecule has 19 heavy (non-hydrogen) atoms. The Hall–Kier alpha value is -1.62. The van der Waals surface area contributed by atoms with Crippen LogP contribution in [-0.2, 0) is 0 Å². The van der Waals surface area contributed by atoms with E-state index >= 15 is 0 Å². The number of rotatable bonds is 3. The van der Waals surface area contributed by atoms with Gasteiger partial charge < -0.3 is 14.5 Å². The molecule has 0 saturated carbocycles. The summed E-state index contributed by atoms with van der Waals surface area (Å²) >= 11 is 0. The highest BCUT2D eigenvalue weighted by Crippen LogP contribution is 2.11. The lowest BCUT2D eigenvalue weighted by atomic mass is 10.2. The topological polar surface area (TPSA) is 45.7 Å². The first-order chi connectivity index (χ1) is 9.24. The Morgan fingerprint density at radius 2 is 2.16 bits per heavy atom. The van der Waals surface area contributed by atoms with Crippen molar-refractivity contribution < 1.29 is 9.53 Å². The van der Waals surface area contributed by atoms with Crippen LogP contribution in [-0.4, -0.2) is 60.5 Å².